The molecule has 0 aliphatic carbocycles. The van der Waals surface area contributed by atoms with Gasteiger partial charge in [-0.15, -0.1) is 11.8 Å². The van der Waals surface area contributed by atoms with E-state index in [1.54, 1.807) is 11.8 Å². The molecule has 0 aromatic heterocycles. The fraction of sp³-hybridized carbons (Fsp3) is 0.800. The van der Waals surface area contributed by atoms with E-state index in [4.69, 9.17) is 0 Å². The lowest BCUT2D eigenvalue weighted by Gasteiger charge is -2.08. The van der Waals surface area contributed by atoms with Crippen molar-refractivity contribution >= 4 is 17.7 Å². The molecule has 0 radical (unpaired) electrons. The zero-order chi connectivity index (χ0) is 5.98. The van der Waals surface area contributed by atoms with Gasteiger partial charge in [0.1, 0.15) is 0 Å². The molecule has 1 saturated heterocycles. The topological polar surface area (TPSA) is 20.3 Å². The van der Waals surface area contributed by atoms with E-state index in [9.17, 15) is 4.79 Å². The number of rotatable bonds is 1. The molecule has 0 N–H and O–H groups in total. The van der Waals surface area contributed by atoms with E-state index in [0.29, 0.717) is 5.75 Å². The Morgan fingerprint density at radius 1 is 1.88 bits per heavy atom. The highest BCUT2D eigenvalue weighted by atomic mass is 32.2. The maximum atomic E-state index is 10.7. The van der Waals surface area contributed by atoms with E-state index in [2.05, 4.69) is 0 Å². The number of carbonyl (C=O) groups is 1. The minimum absolute atomic E-state index is 0.289. The Labute approximate surface area is 53.2 Å². The number of amides is 1. The van der Waals surface area contributed by atoms with Crippen LogP contribution in [0.3, 0.4) is 0 Å². The molecule has 1 fully saturated rings. The van der Waals surface area contributed by atoms with Crippen molar-refractivity contribution in [1.82, 2.24) is 4.90 Å². The zero-order valence-electron chi connectivity index (χ0n) is 4.89. The normalized spacial score (nSPS) is 20.1. The van der Waals surface area contributed by atoms with Gasteiger partial charge in [0.25, 0.3) is 0 Å². The fourth-order valence-corrected chi connectivity index (χ4v) is 1.67. The summed E-state index contributed by atoms with van der Waals surface area (Å²) in [4.78, 5) is 12.6. The van der Waals surface area contributed by atoms with Crippen molar-refractivity contribution in [2.24, 2.45) is 0 Å². The number of hydrogen-bond acceptors (Lipinski definition) is 2. The first kappa shape index (κ1) is 5.95. The molecular weight excluding hydrogens is 122 g/mol. The summed E-state index contributed by atoms with van der Waals surface area (Å²) in [6, 6.07) is 0. The SMILES string of the molecule is CCN1CSCC1=O. The van der Waals surface area contributed by atoms with E-state index < -0.39 is 0 Å². The van der Waals surface area contributed by atoms with E-state index in [0.717, 1.165) is 12.4 Å². The van der Waals surface area contributed by atoms with Crippen LogP contribution in [0.2, 0.25) is 0 Å². The third kappa shape index (κ3) is 0.968. The summed E-state index contributed by atoms with van der Waals surface area (Å²) in [5, 5.41) is 0. The van der Waals surface area contributed by atoms with Crippen LogP contribution in [0.5, 0.6) is 0 Å². The second kappa shape index (κ2) is 2.40. The lowest BCUT2D eigenvalue weighted by molar-refractivity contribution is -0.126. The quantitative estimate of drug-likeness (QED) is 0.517. The van der Waals surface area contributed by atoms with E-state index in [1.165, 1.54) is 0 Å². The summed E-state index contributed by atoms with van der Waals surface area (Å²) < 4.78 is 0. The van der Waals surface area contributed by atoms with E-state index >= 15 is 0 Å². The molecule has 3 heteroatoms. The van der Waals surface area contributed by atoms with Crippen molar-refractivity contribution < 1.29 is 4.79 Å². The van der Waals surface area contributed by atoms with Crippen LogP contribution in [-0.2, 0) is 4.79 Å². The predicted octanol–water partition coefficient (Wildman–Crippen LogP) is 0.539. The Bertz CT molecular complexity index is 105. The van der Waals surface area contributed by atoms with Gasteiger partial charge in [-0.1, -0.05) is 0 Å². The third-order valence-corrected chi connectivity index (χ3v) is 2.15. The van der Waals surface area contributed by atoms with Gasteiger partial charge in [-0.05, 0) is 6.92 Å². The molecule has 0 spiro atoms. The van der Waals surface area contributed by atoms with Gasteiger partial charge >= 0.3 is 0 Å². The van der Waals surface area contributed by atoms with Crippen LogP contribution in [0.25, 0.3) is 0 Å². The minimum atomic E-state index is 0.289. The lowest BCUT2D eigenvalue weighted by atomic mass is 10.6. The molecule has 8 heavy (non-hydrogen) atoms. The van der Waals surface area contributed by atoms with Gasteiger partial charge in [-0.3, -0.25) is 4.79 Å². The summed E-state index contributed by atoms with van der Waals surface area (Å²) in [6.45, 7) is 2.87. The molecule has 1 aliphatic rings. The predicted molar refractivity (Wildman–Crippen MR) is 34.7 cm³/mol. The molecule has 46 valence electrons. The summed E-state index contributed by atoms with van der Waals surface area (Å²) in [5.41, 5.74) is 0. The van der Waals surface area contributed by atoms with Crippen LogP contribution in [0.15, 0.2) is 0 Å². The highest BCUT2D eigenvalue weighted by Gasteiger charge is 2.17. The minimum Gasteiger partial charge on any atom is -0.333 e. The molecule has 1 aliphatic heterocycles. The number of thioether (sulfide) groups is 1. The maximum absolute atomic E-state index is 10.7. The van der Waals surface area contributed by atoms with Crippen LogP contribution >= 0.6 is 11.8 Å². The third-order valence-electron chi connectivity index (χ3n) is 1.21. The smallest absolute Gasteiger partial charge is 0.233 e. The molecule has 1 amide bonds. The van der Waals surface area contributed by atoms with Crippen molar-refractivity contribution in [1.29, 1.82) is 0 Å². The van der Waals surface area contributed by atoms with Crippen LogP contribution in [0.4, 0.5) is 0 Å². The van der Waals surface area contributed by atoms with Crippen molar-refractivity contribution in [3.63, 3.8) is 0 Å². The van der Waals surface area contributed by atoms with Crippen molar-refractivity contribution in [3.8, 4) is 0 Å². The molecule has 0 bridgehead atoms. The highest BCUT2D eigenvalue weighted by molar-refractivity contribution is 8.00. The molecule has 2 nitrogen and oxygen atoms in total. The van der Waals surface area contributed by atoms with Crippen LogP contribution < -0.4 is 0 Å². The van der Waals surface area contributed by atoms with Gasteiger partial charge in [0, 0.05) is 6.54 Å². The van der Waals surface area contributed by atoms with E-state index in [1.807, 2.05) is 11.8 Å². The first-order chi connectivity index (χ1) is 3.84. The summed E-state index contributed by atoms with van der Waals surface area (Å²) in [7, 11) is 0. The zero-order valence-corrected chi connectivity index (χ0v) is 5.70. The summed E-state index contributed by atoms with van der Waals surface area (Å²) in [5.74, 6) is 1.88. The standard InChI is InChI=1S/C5H9NOS/c1-2-6-4-8-3-5(6)7/h2-4H2,1H3. The molecule has 0 saturated carbocycles. The Morgan fingerprint density at radius 3 is 2.88 bits per heavy atom. The first-order valence-corrected chi connectivity index (χ1v) is 3.85. The second-order valence-electron chi connectivity index (χ2n) is 1.73. The number of hydrogen-bond donors (Lipinski definition) is 0. The van der Waals surface area contributed by atoms with Gasteiger partial charge < -0.3 is 4.90 Å². The molecule has 0 unspecified atom stereocenters. The van der Waals surface area contributed by atoms with Crippen LogP contribution in [0.1, 0.15) is 6.92 Å². The monoisotopic (exact) mass is 131 g/mol. The Hall–Kier alpha value is -0.180. The van der Waals surface area contributed by atoms with Gasteiger partial charge in [0.15, 0.2) is 0 Å². The molecule has 1 rings (SSSR count). The van der Waals surface area contributed by atoms with Crippen LogP contribution in [-0.4, -0.2) is 29.0 Å². The summed E-state index contributed by atoms with van der Waals surface area (Å²) in [6.07, 6.45) is 0. The molecular formula is C5H9NOS. The molecule has 1 heterocycles. The van der Waals surface area contributed by atoms with Crippen LogP contribution in [0, 0.1) is 0 Å². The van der Waals surface area contributed by atoms with Gasteiger partial charge in [0.05, 0.1) is 11.6 Å². The molecule has 0 aromatic rings. The number of nitrogens with zero attached hydrogens (tertiary/aromatic N) is 1. The fourth-order valence-electron chi connectivity index (χ4n) is 0.674. The van der Waals surface area contributed by atoms with Crippen molar-refractivity contribution in [3.05, 3.63) is 0 Å². The average molecular weight is 131 g/mol. The summed E-state index contributed by atoms with van der Waals surface area (Å²) >= 11 is 1.69. The lowest BCUT2D eigenvalue weighted by Crippen LogP contribution is -2.24. The van der Waals surface area contributed by atoms with Crippen molar-refractivity contribution in [2.45, 2.75) is 6.92 Å². The first-order valence-electron chi connectivity index (χ1n) is 2.70. The largest absolute Gasteiger partial charge is 0.333 e. The molecule has 0 atom stereocenters. The Morgan fingerprint density at radius 2 is 2.62 bits per heavy atom. The average Bonchev–Trinajstić information content (AvgIpc) is 2.14. The van der Waals surface area contributed by atoms with E-state index in [-0.39, 0.29) is 5.91 Å². The van der Waals surface area contributed by atoms with Gasteiger partial charge in [0.2, 0.25) is 5.91 Å². The number of carbonyl (C=O) groups excluding carboxylic acids is 1. The Balaban J connectivity index is 2.42. The van der Waals surface area contributed by atoms with Gasteiger partial charge in [-0.2, -0.15) is 0 Å². The second-order valence-corrected chi connectivity index (χ2v) is 2.68. The molecule has 0 aromatic carbocycles. The van der Waals surface area contributed by atoms with Crippen molar-refractivity contribution in [2.75, 3.05) is 18.2 Å². The van der Waals surface area contributed by atoms with Gasteiger partial charge in [-0.25, -0.2) is 0 Å². The highest BCUT2D eigenvalue weighted by Crippen LogP contribution is 2.13. The Kier molecular flexibility index (Phi) is 1.78. The maximum Gasteiger partial charge on any atom is 0.233 e.